The van der Waals surface area contributed by atoms with Gasteiger partial charge in [-0.15, -0.1) is 0 Å². The van der Waals surface area contributed by atoms with E-state index in [0.717, 1.165) is 46.1 Å². The zero-order valence-electron chi connectivity index (χ0n) is 17.0. The summed E-state index contributed by atoms with van der Waals surface area (Å²) in [5, 5.41) is 4.08. The van der Waals surface area contributed by atoms with Gasteiger partial charge >= 0.3 is 0 Å². The van der Waals surface area contributed by atoms with Crippen molar-refractivity contribution in [3.8, 4) is 16.8 Å². The molecule has 0 spiro atoms. The Morgan fingerprint density at radius 2 is 1.93 bits per heavy atom. The molecule has 29 heavy (non-hydrogen) atoms. The van der Waals surface area contributed by atoms with Gasteiger partial charge in [-0.3, -0.25) is 0 Å². The molecule has 5 nitrogen and oxygen atoms in total. The summed E-state index contributed by atoms with van der Waals surface area (Å²) in [7, 11) is 0. The van der Waals surface area contributed by atoms with Crippen molar-refractivity contribution in [3.05, 3.63) is 78.0 Å². The monoisotopic (exact) mass is 390 g/mol. The molecule has 0 saturated carbocycles. The number of aromatic nitrogens is 3. The molecule has 0 amide bonds. The Morgan fingerprint density at radius 3 is 2.59 bits per heavy atom. The average Bonchev–Trinajstić information content (AvgIpc) is 3.35. The number of anilines is 2. The summed E-state index contributed by atoms with van der Waals surface area (Å²) >= 11 is 0. The molecule has 2 aromatic heterocycles. The van der Waals surface area contributed by atoms with Gasteiger partial charge < -0.3 is 14.0 Å². The molecule has 0 unspecified atom stereocenters. The maximum Gasteiger partial charge on any atom is 0.147 e. The van der Waals surface area contributed by atoms with Crippen LogP contribution in [0.4, 0.5) is 15.8 Å². The van der Waals surface area contributed by atoms with Crippen LogP contribution in [-0.4, -0.2) is 21.3 Å². The Labute approximate surface area is 169 Å². The van der Waals surface area contributed by atoms with E-state index >= 15 is 0 Å². The molecule has 2 heterocycles. The Bertz CT molecular complexity index is 1130. The van der Waals surface area contributed by atoms with E-state index in [1.807, 2.05) is 19.9 Å². The molecule has 6 heteroatoms. The highest BCUT2D eigenvalue weighted by Gasteiger charge is 2.17. The fourth-order valence-electron chi connectivity index (χ4n) is 3.71. The van der Waals surface area contributed by atoms with Crippen LogP contribution in [0.2, 0.25) is 0 Å². The minimum absolute atomic E-state index is 0.288. The number of hydrogen-bond acceptors (Lipinski definition) is 4. The van der Waals surface area contributed by atoms with Crippen molar-refractivity contribution in [1.29, 1.82) is 0 Å². The van der Waals surface area contributed by atoms with Gasteiger partial charge in [0.1, 0.15) is 11.6 Å². The summed E-state index contributed by atoms with van der Waals surface area (Å²) in [6, 6.07) is 11.5. The second kappa shape index (κ2) is 7.54. The van der Waals surface area contributed by atoms with Crippen molar-refractivity contribution < 1.29 is 8.91 Å². The first-order chi connectivity index (χ1) is 14.0. The lowest BCUT2D eigenvalue weighted by Gasteiger charge is -2.26. The largest absolute Gasteiger partial charge is 0.361 e. The molecule has 0 N–H and O–H groups in total. The topological polar surface area (TPSA) is 47.1 Å². The highest BCUT2D eigenvalue weighted by Crippen LogP contribution is 2.35. The third-order valence-electron chi connectivity index (χ3n) is 5.16. The van der Waals surface area contributed by atoms with Crippen LogP contribution >= 0.6 is 0 Å². The summed E-state index contributed by atoms with van der Waals surface area (Å²) in [6.45, 7) is 8.77. The van der Waals surface area contributed by atoms with E-state index in [4.69, 9.17) is 4.52 Å². The summed E-state index contributed by atoms with van der Waals surface area (Å²) in [6.07, 6.45) is 4.98. The van der Waals surface area contributed by atoms with E-state index in [1.165, 1.54) is 6.07 Å². The summed E-state index contributed by atoms with van der Waals surface area (Å²) < 4.78 is 21.5. The van der Waals surface area contributed by atoms with Crippen molar-refractivity contribution in [2.24, 2.45) is 0 Å². The summed E-state index contributed by atoms with van der Waals surface area (Å²) in [4.78, 5) is 6.21. The standard InChI is InChI=1S/C23H23FN4O/c1-5-28(19-8-9-20(24)22(13-19)27-11-10-25-14-27)21-12-18(7-6-15(21)2)23-16(3)26-29-17(23)4/h6-14H,5H2,1-4H3. The minimum Gasteiger partial charge on any atom is -0.361 e. The fraction of sp³-hybridized carbons (Fsp3) is 0.217. The first-order valence-electron chi connectivity index (χ1n) is 9.59. The molecule has 0 radical (unpaired) electrons. The van der Waals surface area contributed by atoms with Crippen LogP contribution in [-0.2, 0) is 0 Å². The number of aryl methyl sites for hydroxylation is 3. The minimum atomic E-state index is -0.288. The molecule has 0 saturated heterocycles. The van der Waals surface area contributed by atoms with Gasteiger partial charge in [0.2, 0.25) is 0 Å². The molecule has 0 aliphatic rings. The van der Waals surface area contributed by atoms with Crippen LogP contribution in [0, 0.1) is 26.6 Å². The number of halogens is 1. The van der Waals surface area contributed by atoms with Crippen molar-refractivity contribution >= 4 is 11.4 Å². The third kappa shape index (κ3) is 3.42. The van der Waals surface area contributed by atoms with E-state index in [9.17, 15) is 4.39 Å². The zero-order chi connectivity index (χ0) is 20.5. The van der Waals surface area contributed by atoms with E-state index in [0.29, 0.717) is 5.69 Å². The first kappa shape index (κ1) is 18.9. The Hall–Kier alpha value is -3.41. The van der Waals surface area contributed by atoms with E-state index in [-0.39, 0.29) is 5.82 Å². The molecule has 148 valence electrons. The smallest absolute Gasteiger partial charge is 0.147 e. The third-order valence-corrected chi connectivity index (χ3v) is 5.16. The van der Waals surface area contributed by atoms with Crippen LogP contribution < -0.4 is 4.90 Å². The molecule has 0 atom stereocenters. The van der Waals surface area contributed by atoms with Gasteiger partial charge in [-0.1, -0.05) is 17.3 Å². The highest BCUT2D eigenvalue weighted by atomic mass is 19.1. The Balaban J connectivity index is 1.81. The quantitative estimate of drug-likeness (QED) is 0.435. The van der Waals surface area contributed by atoms with E-state index in [2.05, 4.69) is 47.1 Å². The molecule has 2 aromatic carbocycles. The number of hydrogen-bond donors (Lipinski definition) is 0. The predicted octanol–water partition coefficient (Wildman–Crippen LogP) is 5.75. The van der Waals surface area contributed by atoms with Crippen LogP contribution in [0.1, 0.15) is 23.9 Å². The van der Waals surface area contributed by atoms with Gasteiger partial charge in [-0.25, -0.2) is 9.37 Å². The number of nitrogens with zero attached hydrogens (tertiary/aromatic N) is 4. The Morgan fingerprint density at radius 1 is 1.10 bits per heavy atom. The first-order valence-corrected chi connectivity index (χ1v) is 9.59. The molecule has 4 rings (SSSR count). The highest BCUT2D eigenvalue weighted by molar-refractivity contribution is 5.76. The van der Waals surface area contributed by atoms with Crippen molar-refractivity contribution in [2.75, 3.05) is 11.4 Å². The number of rotatable bonds is 5. The van der Waals surface area contributed by atoms with Gasteiger partial charge in [-0.2, -0.15) is 0 Å². The summed E-state index contributed by atoms with van der Waals surface area (Å²) in [5.41, 5.74) is 6.51. The fourth-order valence-corrected chi connectivity index (χ4v) is 3.71. The average molecular weight is 390 g/mol. The molecular weight excluding hydrogens is 367 g/mol. The molecular formula is C23H23FN4O. The van der Waals surface area contributed by atoms with Crippen molar-refractivity contribution in [3.63, 3.8) is 0 Å². The van der Waals surface area contributed by atoms with Gasteiger partial charge in [0.05, 0.1) is 17.7 Å². The Kier molecular flexibility index (Phi) is 4.92. The second-order valence-electron chi connectivity index (χ2n) is 7.05. The molecule has 0 aliphatic carbocycles. The summed E-state index contributed by atoms with van der Waals surface area (Å²) in [5.74, 6) is 0.508. The number of benzene rings is 2. The maximum atomic E-state index is 14.4. The molecule has 0 fully saturated rings. The zero-order valence-corrected chi connectivity index (χ0v) is 17.0. The van der Waals surface area contributed by atoms with Gasteiger partial charge in [0, 0.05) is 35.9 Å². The normalized spacial score (nSPS) is 11.1. The van der Waals surface area contributed by atoms with Crippen LogP contribution in [0.25, 0.3) is 16.8 Å². The lowest BCUT2D eigenvalue weighted by atomic mass is 10.0. The lowest BCUT2D eigenvalue weighted by molar-refractivity contribution is 0.393. The van der Waals surface area contributed by atoms with Crippen LogP contribution in [0.3, 0.4) is 0 Å². The number of imidazole rings is 1. The van der Waals surface area contributed by atoms with Crippen LogP contribution in [0.5, 0.6) is 0 Å². The molecule has 0 bridgehead atoms. The van der Waals surface area contributed by atoms with Crippen molar-refractivity contribution in [2.45, 2.75) is 27.7 Å². The molecule has 0 aliphatic heterocycles. The second-order valence-corrected chi connectivity index (χ2v) is 7.05. The van der Waals surface area contributed by atoms with Gasteiger partial charge in [0.25, 0.3) is 0 Å². The van der Waals surface area contributed by atoms with Crippen molar-refractivity contribution in [1.82, 2.24) is 14.7 Å². The van der Waals surface area contributed by atoms with Crippen LogP contribution in [0.15, 0.2) is 59.6 Å². The molecule has 4 aromatic rings. The van der Waals surface area contributed by atoms with Gasteiger partial charge in [-0.05, 0) is 63.1 Å². The SMILES string of the molecule is CCN(c1ccc(F)c(-n2ccnc2)c1)c1cc(-c2c(C)noc2C)ccc1C. The lowest BCUT2D eigenvalue weighted by Crippen LogP contribution is -2.17. The maximum absolute atomic E-state index is 14.4. The predicted molar refractivity (Wildman–Crippen MR) is 112 cm³/mol. The van der Waals surface area contributed by atoms with E-state index < -0.39 is 0 Å². The van der Waals surface area contributed by atoms with E-state index in [1.54, 1.807) is 29.4 Å². The van der Waals surface area contributed by atoms with Gasteiger partial charge in [0.15, 0.2) is 0 Å².